The van der Waals surface area contributed by atoms with Gasteiger partial charge in [0.2, 0.25) is 17.7 Å². The van der Waals surface area contributed by atoms with Gasteiger partial charge in [-0.15, -0.1) is 0 Å². The first-order chi connectivity index (χ1) is 17.2. The first-order valence-electron chi connectivity index (χ1n) is 12.3. The maximum absolute atomic E-state index is 13.7. The molecule has 7 nitrogen and oxygen atoms in total. The number of nitrogens with two attached hydrogens (primary N) is 2. The number of hydrogen-bond donors (Lipinski definition) is 2. The minimum atomic E-state index is -0.876. The molecule has 3 amide bonds. The molecule has 0 aromatic heterocycles. The molecule has 1 fully saturated rings. The number of carbonyl (C=O) groups is 3. The second kappa shape index (κ2) is 12.3. The zero-order valence-corrected chi connectivity index (χ0v) is 21.5. The lowest BCUT2D eigenvalue weighted by atomic mass is 9.86. The maximum atomic E-state index is 13.7. The van der Waals surface area contributed by atoms with Gasteiger partial charge in [0, 0.05) is 24.0 Å². The summed E-state index contributed by atoms with van der Waals surface area (Å²) < 4.78 is 13.2. The molecular weight excluding hydrogens is 483 g/mol. The second-order valence-electron chi connectivity index (χ2n) is 9.22. The molecule has 1 aliphatic heterocycles. The molecule has 1 aliphatic rings. The van der Waals surface area contributed by atoms with Gasteiger partial charge in [0.15, 0.2) is 0 Å². The number of hydrogen-bond acceptors (Lipinski definition) is 4. The third-order valence-electron chi connectivity index (χ3n) is 6.80. The monoisotopic (exact) mass is 516 g/mol. The van der Waals surface area contributed by atoms with Crippen molar-refractivity contribution in [3.63, 3.8) is 0 Å². The van der Waals surface area contributed by atoms with Gasteiger partial charge in [0.1, 0.15) is 17.9 Å². The molecule has 0 spiro atoms. The molecule has 4 atom stereocenters. The summed E-state index contributed by atoms with van der Waals surface area (Å²) in [6, 6.07) is 10.5. The number of piperazine rings is 1. The molecule has 194 valence electrons. The molecule has 3 rings (SSSR count). The lowest BCUT2D eigenvalue weighted by Gasteiger charge is -2.45. The normalized spacial score (nSPS) is 18.6. The number of carbonyl (C=O) groups excluding carboxylic acids is 3. The van der Waals surface area contributed by atoms with Crippen molar-refractivity contribution in [3.05, 3.63) is 70.5 Å². The van der Waals surface area contributed by atoms with Crippen molar-refractivity contribution in [2.24, 2.45) is 11.5 Å². The average Bonchev–Trinajstić information content (AvgIpc) is 2.85. The van der Waals surface area contributed by atoms with Crippen LogP contribution in [0.2, 0.25) is 5.02 Å². The molecular formula is C27H34ClFN4O3. The third-order valence-corrected chi connectivity index (χ3v) is 7.06. The van der Waals surface area contributed by atoms with Gasteiger partial charge in [-0.1, -0.05) is 56.1 Å². The van der Waals surface area contributed by atoms with Crippen molar-refractivity contribution < 1.29 is 18.8 Å². The Morgan fingerprint density at radius 2 is 1.72 bits per heavy atom. The predicted molar refractivity (Wildman–Crippen MR) is 138 cm³/mol. The van der Waals surface area contributed by atoms with E-state index in [0.29, 0.717) is 24.3 Å². The molecule has 2 aromatic rings. The number of rotatable bonds is 10. The first-order valence-corrected chi connectivity index (χ1v) is 12.7. The van der Waals surface area contributed by atoms with Crippen molar-refractivity contribution in [2.75, 3.05) is 13.1 Å². The van der Waals surface area contributed by atoms with Crippen LogP contribution >= 0.6 is 11.6 Å². The molecule has 0 bridgehead atoms. The number of halogens is 2. The summed E-state index contributed by atoms with van der Waals surface area (Å²) in [6.45, 7) is 4.29. The van der Waals surface area contributed by atoms with Crippen LogP contribution < -0.4 is 11.5 Å². The molecule has 2 aromatic carbocycles. The predicted octanol–water partition coefficient (Wildman–Crippen LogP) is 3.24. The van der Waals surface area contributed by atoms with E-state index in [9.17, 15) is 18.8 Å². The minimum Gasteiger partial charge on any atom is -0.368 e. The van der Waals surface area contributed by atoms with Crippen LogP contribution in [-0.2, 0) is 20.8 Å². The van der Waals surface area contributed by atoms with Crippen LogP contribution in [-0.4, -0.2) is 58.7 Å². The van der Waals surface area contributed by atoms with Gasteiger partial charge in [-0.2, -0.15) is 0 Å². The Labute approximate surface area is 216 Å². The summed E-state index contributed by atoms with van der Waals surface area (Å²) in [5.74, 6) is -1.91. The van der Waals surface area contributed by atoms with Crippen LogP contribution in [0.15, 0.2) is 48.5 Å². The second-order valence-corrected chi connectivity index (χ2v) is 9.65. The van der Waals surface area contributed by atoms with Crippen molar-refractivity contribution in [1.82, 2.24) is 9.80 Å². The van der Waals surface area contributed by atoms with E-state index in [1.165, 1.54) is 21.9 Å². The average molecular weight is 517 g/mol. The number of amides is 3. The van der Waals surface area contributed by atoms with E-state index in [0.717, 1.165) is 11.1 Å². The fourth-order valence-electron chi connectivity index (χ4n) is 4.99. The van der Waals surface area contributed by atoms with Crippen molar-refractivity contribution in [1.29, 1.82) is 0 Å². The number of nitrogens with zero attached hydrogens (tertiary/aromatic N) is 2. The number of benzene rings is 2. The zero-order valence-electron chi connectivity index (χ0n) is 20.7. The molecule has 1 saturated heterocycles. The molecule has 0 radical (unpaired) electrons. The fourth-order valence-corrected chi connectivity index (χ4v) is 5.12. The van der Waals surface area contributed by atoms with Gasteiger partial charge >= 0.3 is 0 Å². The van der Waals surface area contributed by atoms with Gasteiger partial charge in [-0.05, 0) is 54.7 Å². The van der Waals surface area contributed by atoms with Gasteiger partial charge < -0.3 is 21.3 Å². The highest BCUT2D eigenvalue weighted by atomic mass is 35.5. The van der Waals surface area contributed by atoms with E-state index >= 15 is 0 Å². The fraction of sp³-hybridized carbons (Fsp3) is 0.444. The van der Waals surface area contributed by atoms with E-state index in [2.05, 4.69) is 0 Å². The molecule has 9 heteroatoms. The lowest BCUT2D eigenvalue weighted by Crippen LogP contribution is -2.65. The Morgan fingerprint density at radius 1 is 1.08 bits per heavy atom. The third kappa shape index (κ3) is 6.23. The van der Waals surface area contributed by atoms with E-state index in [1.807, 2.05) is 26.0 Å². The molecule has 4 unspecified atom stereocenters. The first kappa shape index (κ1) is 27.6. The van der Waals surface area contributed by atoms with Gasteiger partial charge in [-0.25, -0.2) is 4.39 Å². The Bertz CT molecular complexity index is 1060. The molecule has 0 saturated carbocycles. The van der Waals surface area contributed by atoms with Crippen molar-refractivity contribution in [3.8, 4) is 0 Å². The largest absolute Gasteiger partial charge is 0.368 e. The highest BCUT2D eigenvalue weighted by Crippen LogP contribution is 2.31. The van der Waals surface area contributed by atoms with E-state index in [-0.39, 0.29) is 43.1 Å². The van der Waals surface area contributed by atoms with Crippen LogP contribution in [0.3, 0.4) is 0 Å². The van der Waals surface area contributed by atoms with Crippen LogP contribution in [0.4, 0.5) is 4.39 Å². The Hall–Kier alpha value is -2.97. The van der Waals surface area contributed by atoms with E-state index in [1.54, 1.807) is 24.3 Å². The quantitative estimate of drug-likeness (QED) is 0.505. The van der Waals surface area contributed by atoms with Gasteiger partial charge in [-0.3, -0.25) is 14.4 Å². The summed E-state index contributed by atoms with van der Waals surface area (Å²) >= 11 is 6.04. The Kier molecular flexibility index (Phi) is 9.45. The van der Waals surface area contributed by atoms with Crippen molar-refractivity contribution in [2.45, 2.75) is 63.6 Å². The van der Waals surface area contributed by atoms with Gasteiger partial charge in [0.25, 0.3) is 0 Å². The van der Waals surface area contributed by atoms with Crippen LogP contribution in [0.1, 0.15) is 50.2 Å². The molecule has 1 heterocycles. The zero-order chi connectivity index (χ0) is 26.4. The van der Waals surface area contributed by atoms with Crippen LogP contribution in [0.5, 0.6) is 0 Å². The SMILES string of the molecule is CCCC1C(=O)N(C(C(N)=O)C(CC)c2ccc(Cl)cc2)CCN1C(=O)C(N)Cc1ccc(F)cc1. The summed E-state index contributed by atoms with van der Waals surface area (Å²) in [5, 5.41) is 0.576. The molecule has 0 aliphatic carbocycles. The Balaban J connectivity index is 1.83. The van der Waals surface area contributed by atoms with Crippen molar-refractivity contribution >= 4 is 29.3 Å². The van der Waals surface area contributed by atoms with E-state index < -0.39 is 24.0 Å². The van der Waals surface area contributed by atoms with Crippen LogP contribution in [0.25, 0.3) is 0 Å². The highest BCUT2D eigenvalue weighted by molar-refractivity contribution is 6.30. The highest BCUT2D eigenvalue weighted by Gasteiger charge is 2.44. The summed E-state index contributed by atoms with van der Waals surface area (Å²) in [7, 11) is 0. The maximum Gasteiger partial charge on any atom is 0.246 e. The Morgan fingerprint density at radius 3 is 2.28 bits per heavy atom. The standard InChI is InChI=1S/C27H34ClFN4O3/c1-3-5-23-27(36)33(24(25(31)34)21(4-2)18-8-10-19(28)11-9-18)15-14-32(23)26(35)22(30)16-17-6-12-20(29)13-7-17/h6-13,21-24H,3-5,14-16,30H2,1-2H3,(H2,31,34). The minimum absolute atomic E-state index is 0.172. The smallest absolute Gasteiger partial charge is 0.246 e. The topological polar surface area (TPSA) is 110 Å². The summed E-state index contributed by atoms with van der Waals surface area (Å²) in [6.07, 6.45) is 1.91. The van der Waals surface area contributed by atoms with Gasteiger partial charge in [0.05, 0.1) is 6.04 Å². The molecule has 36 heavy (non-hydrogen) atoms. The lowest BCUT2D eigenvalue weighted by molar-refractivity contribution is -0.157. The summed E-state index contributed by atoms with van der Waals surface area (Å²) in [4.78, 5) is 42.8. The summed E-state index contributed by atoms with van der Waals surface area (Å²) in [5.41, 5.74) is 13.7. The van der Waals surface area contributed by atoms with Crippen LogP contribution in [0, 0.1) is 5.82 Å². The molecule has 4 N–H and O–H groups in total. The van der Waals surface area contributed by atoms with E-state index in [4.69, 9.17) is 23.1 Å². The number of primary amides is 1.